The number of nitrogens with one attached hydrogen (secondary N) is 1. The van der Waals surface area contributed by atoms with Gasteiger partial charge in [-0.05, 0) is 24.1 Å². The Bertz CT molecular complexity index is 910. The maximum absolute atomic E-state index is 12.2. The van der Waals surface area contributed by atoms with Crippen LogP contribution in [-0.4, -0.2) is 26.2 Å². The lowest BCUT2D eigenvalue weighted by molar-refractivity contribution is -0.385. The summed E-state index contributed by atoms with van der Waals surface area (Å²) < 4.78 is 30.1. The Kier molecular flexibility index (Phi) is 6.29. The highest BCUT2D eigenvalue weighted by Gasteiger charge is 2.16. The first kappa shape index (κ1) is 19.4. The van der Waals surface area contributed by atoms with Crippen LogP contribution in [0.1, 0.15) is 19.4 Å². The molecule has 0 aliphatic carbocycles. The molecule has 8 nitrogen and oxygen atoms in total. The van der Waals surface area contributed by atoms with Crippen LogP contribution in [0.5, 0.6) is 5.75 Å². The largest absolute Gasteiger partial charge is 0.493 e. The van der Waals surface area contributed by atoms with Crippen molar-refractivity contribution >= 4 is 21.9 Å². The molecule has 2 aromatic carbocycles. The van der Waals surface area contributed by atoms with Gasteiger partial charge in [-0.2, -0.15) is 13.5 Å². The molecule has 26 heavy (non-hydrogen) atoms. The summed E-state index contributed by atoms with van der Waals surface area (Å²) in [5.41, 5.74) is 0.291. The van der Waals surface area contributed by atoms with E-state index in [2.05, 4.69) is 5.10 Å². The number of sulfonamides is 1. The van der Waals surface area contributed by atoms with E-state index in [-0.39, 0.29) is 10.6 Å². The second-order valence-electron chi connectivity index (χ2n) is 5.85. The van der Waals surface area contributed by atoms with Gasteiger partial charge in [-0.25, -0.2) is 4.83 Å². The average molecular weight is 377 g/mol. The summed E-state index contributed by atoms with van der Waals surface area (Å²) >= 11 is 0. The first-order chi connectivity index (χ1) is 12.3. The molecular weight excluding hydrogens is 358 g/mol. The predicted molar refractivity (Wildman–Crippen MR) is 97.8 cm³/mol. The van der Waals surface area contributed by atoms with Gasteiger partial charge in [0.15, 0.2) is 0 Å². The van der Waals surface area contributed by atoms with E-state index in [4.69, 9.17) is 4.74 Å². The van der Waals surface area contributed by atoms with Gasteiger partial charge in [-0.3, -0.25) is 10.1 Å². The third-order valence-corrected chi connectivity index (χ3v) is 4.43. The lowest BCUT2D eigenvalue weighted by Crippen LogP contribution is -2.18. The molecule has 1 N–H and O–H groups in total. The topological polar surface area (TPSA) is 111 Å². The zero-order chi connectivity index (χ0) is 19.2. The van der Waals surface area contributed by atoms with Gasteiger partial charge in [0, 0.05) is 17.7 Å². The fourth-order valence-electron chi connectivity index (χ4n) is 1.96. The molecule has 2 rings (SSSR count). The van der Waals surface area contributed by atoms with Gasteiger partial charge < -0.3 is 4.74 Å². The molecule has 0 amide bonds. The molecule has 0 radical (unpaired) electrons. The van der Waals surface area contributed by atoms with Crippen molar-refractivity contribution in [2.45, 2.75) is 18.7 Å². The Morgan fingerprint density at radius 2 is 1.96 bits per heavy atom. The van der Waals surface area contributed by atoms with E-state index in [0.29, 0.717) is 23.8 Å². The molecule has 2 aromatic rings. The molecule has 0 aliphatic heterocycles. The van der Waals surface area contributed by atoms with Crippen molar-refractivity contribution in [2.75, 3.05) is 6.61 Å². The van der Waals surface area contributed by atoms with Crippen LogP contribution in [0.3, 0.4) is 0 Å². The number of benzene rings is 2. The minimum absolute atomic E-state index is 0.242. The monoisotopic (exact) mass is 377 g/mol. The van der Waals surface area contributed by atoms with Crippen LogP contribution in [0.4, 0.5) is 5.69 Å². The fraction of sp³-hybridized carbons (Fsp3) is 0.235. The van der Waals surface area contributed by atoms with E-state index in [1.807, 2.05) is 18.7 Å². The van der Waals surface area contributed by atoms with E-state index in [1.165, 1.54) is 24.4 Å². The third kappa shape index (κ3) is 5.28. The average Bonchev–Trinajstić information content (AvgIpc) is 2.60. The number of nitro groups is 1. The maximum Gasteiger partial charge on any atom is 0.276 e. The molecule has 0 aliphatic rings. The quantitative estimate of drug-likeness (QED) is 0.432. The molecule has 0 fully saturated rings. The lowest BCUT2D eigenvalue weighted by atomic mass is 10.2. The van der Waals surface area contributed by atoms with Gasteiger partial charge in [0.05, 0.1) is 22.6 Å². The molecule has 0 saturated carbocycles. The summed E-state index contributed by atoms with van der Waals surface area (Å²) in [6.45, 7) is 4.55. The Balaban J connectivity index is 2.15. The third-order valence-electron chi connectivity index (χ3n) is 3.21. The highest BCUT2D eigenvalue weighted by molar-refractivity contribution is 7.89. The highest BCUT2D eigenvalue weighted by Crippen LogP contribution is 2.18. The number of hydrogen-bond acceptors (Lipinski definition) is 6. The van der Waals surface area contributed by atoms with Crippen LogP contribution in [-0.2, 0) is 10.0 Å². The Morgan fingerprint density at radius 1 is 1.23 bits per heavy atom. The van der Waals surface area contributed by atoms with Crippen LogP contribution in [0.25, 0.3) is 0 Å². The summed E-state index contributed by atoms with van der Waals surface area (Å²) in [5.74, 6) is 0.923. The molecule has 9 heteroatoms. The van der Waals surface area contributed by atoms with Gasteiger partial charge >= 0.3 is 0 Å². The molecule has 138 valence electrons. The zero-order valence-corrected chi connectivity index (χ0v) is 15.1. The zero-order valence-electron chi connectivity index (χ0n) is 14.3. The normalized spacial score (nSPS) is 11.7. The van der Waals surface area contributed by atoms with Gasteiger partial charge in [0.1, 0.15) is 5.75 Å². The van der Waals surface area contributed by atoms with Crippen LogP contribution >= 0.6 is 0 Å². The molecule has 0 bridgehead atoms. The molecule has 0 heterocycles. The number of ether oxygens (including phenoxy) is 1. The molecule has 0 spiro atoms. The van der Waals surface area contributed by atoms with E-state index in [9.17, 15) is 18.5 Å². The Morgan fingerprint density at radius 3 is 2.65 bits per heavy atom. The van der Waals surface area contributed by atoms with Crippen molar-refractivity contribution in [3.05, 3.63) is 64.2 Å². The molecule has 0 aromatic heterocycles. The lowest BCUT2D eigenvalue weighted by Gasteiger charge is -2.10. The summed E-state index contributed by atoms with van der Waals surface area (Å²) in [5, 5.41) is 14.5. The van der Waals surface area contributed by atoms with Crippen LogP contribution in [0.2, 0.25) is 0 Å². The van der Waals surface area contributed by atoms with Gasteiger partial charge in [0.2, 0.25) is 0 Å². The summed E-state index contributed by atoms with van der Waals surface area (Å²) in [6, 6.07) is 11.8. The van der Waals surface area contributed by atoms with Crippen molar-refractivity contribution in [3.63, 3.8) is 0 Å². The van der Waals surface area contributed by atoms with E-state index < -0.39 is 14.9 Å². The second kappa shape index (κ2) is 8.43. The smallest absolute Gasteiger partial charge is 0.276 e. The van der Waals surface area contributed by atoms with Gasteiger partial charge in [-0.1, -0.05) is 32.0 Å². The van der Waals surface area contributed by atoms with Gasteiger partial charge in [0.25, 0.3) is 15.7 Å². The van der Waals surface area contributed by atoms with Crippen molar-refractivity contribution in [1.29, 1.82) is 0 Å². The number of para-hydroxylation sites is 1. The first-order valence-electron chi connectivity index (χ1n) is 7.81. The maximum atomic E-state index is 12.2. The minimum Gasteiger partial charge on any atom is -0.493 e. The second-order valence-corrected chi connectivity index (χ2v) is 7.51. The number of hydrazone groups is 1. The Hall–Kier alpha value is -2.94. The number of nitro benzene ring substituents is 1. The van der Waals surface area contributed by atoms with Crippen molar-refractivity contribution in [2.24, 2.45) is 11.0 Å². The van der Waals surface area contributed by atoms with Crippen LogP contribution in [0, 0.1) is 16.0 Å². The summed E-state index contributed by atoms with van der Waals surface area (Å²) in [7, 11) is -4.02. The standard InChI is InChI=1S/C17H19N3O5S/c1-13(2)12-25-17-9-4-3-6-14(17)11-18-19-26(23,24)16-8-5-7-15(10-16)20(21)22/h3-11,13,19H,12H2,1-2H3/b18-11+. The summed E-state index contributed by atoms with van der Waals surface area (Å²) in [4.78, 5) is 11.9. The van der Waals surface area contributed by atoms with Crippen LogP contribution < -0.4 is 9.57 Å². The highest BCUT2D eigenvalue weighted by atomic mass is 32.2. The SMILES string of the molecule is CC(C)COc1ccccc1/C=N/NS(=O)(=O)c1cccc([N+](=O)[O-])c1. The van der Waals surface area contributed by atoms with E-state index >= 15 is 0 Å². The minimum atomic E-state index is -4.02. The van der Waals surface area contributed by atoms with Crippen molar-refractivity contribution in [1.82, 2.24) is 4.83 Å². The number of hydrogen-bond donors (Lipinski definition) is 1. The van der Waals surface area contributed by atoms with E-state index in [0.717, 1.165) is 6.07 Å². The first-order valence-corrected chi connectivity index (χ1v) is 9.29. The van der Waals surface area contributed by atoms with E-state index in [1.54, 1.807) is 24.3 Å². The van der Waals surface area contributed by atoms with Gasteiger partial charge in [-0.15, -0.1) is 0 Å². The predicted octanol–water partition coefficient (Wildman–Crippen LogP) is 2.94. The summed E-state index contributed by atoms with van der Waals surface area (Å²) in [6.07, 6.45) is 1.32. The number of rotatable bonds is 8. The van der Waals surface area contributed by atoms with Crippen molar-refractivity contribution in [3.8, 4) is 5.75 Å². The molecular formula is C17H19N3O5S. The number of nitrogens with zero attached hydrogens (tertiary/aromatic N) is 2. The Labute approximate surface area is 151 Å². The molecule has 0 unspecified atom stereocenters. The van der Waals surface area contributed by atoms with Crippen molar-refractivity contribution < 1.29 is 18.1 Å². The van der Waals surface area contributed by atoms with Crippen LogP contribution in [0.15, 0.2) is 58.5 Å². The number of non-ortho nitro benzene ring substituents is 1. The molecule has 0 atom stereocenters. The molecule has 0 saturated heterocycles. The fourth-order valence-corrected chi connectivity index (χ4v) is 2.79.